The van der Waals surface area contributed by atoms with Gasteiger partial charge in [0.05, 0.1) is 0 Å². The number of benzene rings is 1. The van der Waals surface area contributed by atoms with Gasteiger partial charge in [0.1, 0.15) is 0 Å². The molecule has 1 N–H and O–H groups in total. The van der Waals surface area contributed by atoms with Crippen molar-refractivity contribution in [3.8, 4) is 0 Å². The average Bonchev–Trinajstić information content (AvgIpc) is 2.27. The summed E-state index contributed by atoms with van der Waals surface area (Å²) in [5.41, 5.74) is 2.96. The summed E-state index contributed by atoms with van der Waals surface area (Å²) in [5, 5.41) is 9.21. The molecule has 1 aliphatic carbocycles. The minimum Gasteiger partial charge on any atom is -0.396 e. The van der Waals surface area contributed by atoms with Crippen LogP contribution in [0, 0.1) is 5.92 Å². The quantitative estimate of drug-likeness (QED) is 0.760. The zero-order valence-corrected chi connectivity index (χ0v) is 8.74. The van der Waals surface area contributed by atoms with E-state index in [0.717, 1.165) is 0 Å². The second-order valence-electron chi connectivity index (χ2n) is 4.36. The molecule has 1 aromatic carbocycles. The van der Waals surface area contributed by atoms with Crippen molar-refractivity contribution in [2.24, 2.45) is 5.92 Å². The van der Waals surface area contributed by atoms with E-state index in [1.165, 1.54) is 30.4 Å². The van der Waals surface area contributed by atoms with Gasteiger partial charge in [-0.05, 0) is 42.2 Å². The highest BCUT2D eigenvalue weighted by molar-refractivity contribution is 5.32. The Bertz CT molecular complexity index is 306. The van der Waals surface area contributed by atoms with Crippen LogP contribution in [0.15, 0.2) is 24.3 Å². The normalized spacial score (nSPS) is 22.9. The molecule has 14 heavy (non-hydrogen) atoms. The molecular weight excluding hydrogens is 172 g/mol. The molecule has 0 saturated carbocycles. The Morgan fingerprint density at radius 3 is 3.00 bits per heavy atom. The predicted molar refractivity (Wildman–Crippen MR) is 58.4 cm³/mol. The van der Waals surface area contributed by atoms with Crippen molar-refractivity contribution in [1.29, 1.82) is 0 Å². The second-order valence-corrected chi connectivity index (χ2v) is 4.36. The third-order valence-corrected chi connectivity index (χ3v) is 3.39. The van der Waals surface area contributed by atoms with Crippen molar-refractivity contribution in [2.45, 2.75) is 32.1 Å². The zero-order chi connectivity index (χ0) is 9.97. The van der Waals surface area contributed by atoms with E-state index in [0.29, 0.717) is 18.4 Å². The maximum absolute atomic E-state index is 9.21. The smallest absolute Gasteiger partial charge is 0.0462 e. The summed E-state index contributed by atoms with van der Waals surface area (Å²) in [5.74, 6) is 0.974. The number of rotatable bonds is 2. The van der Waals surface area contributed by atoms with E-state index in [9.17, 15) is 5.11 Å². The molecule has 1 aromatic rings. The summed E-state index contributed by atoms with van der Waals surface area (Å²) in [6.07, 6.45) is 3.72. The molecule has 0 amide bonds. The number of fused-ring (bicyclic) bond motifs is 1. The van der Waals surface area contributed by atoms with Gasteiger partial charge in [0, 0.05) is 6.61 Å². The fraction of sp³-hybridized carbons (Fsp3) is 0.538. The zero-order valence-electron chi connectivity index (χ0n) is 8.74. The summed E-state index contributed by atoms with van der Waals surface area (Å²) in [6.45, 7) is 2.45. The van der Waals surface area contributed by atoms with Crippen molar-refractivity contribution in [1.82, 2.24) is 0 Å². The van der Waals surface area contributed by atoms with Crippen molar-refractivity contribution >= 4 is 0 Å². The Kier molecular flexibility index (Phi) is 2.87. The summed E-state index contributed by atoms with van der Waals surface area (Å²) < 4.78 is 0. The lowest BCUT2D eigenvalue weighted by Gasteiger charge is -2.29. The van der Waals surface area contributed by atoms with Crippen LogP contribution in [-0.4, -0.2) is 11.7 Å². The van der Waals surface area contributed by atoms with Gasteiger partial charge in [-0.3, -0.25) is 0 Å². The standard InChI is InChI=1S/C13H18O/c1-10(9-14)12-8-4-6-11-5-2-3-7-13(11)12/h2-3,5,7,10,12,14H,4,6,8-9H2,1H3/t10-,12?/m1/s1. The highest BCUT2D eigenvalue weighted by atomic mass is 16.3. The summed E-state index contributed by atoms with van der Waals surface area (Å²) in [7, 11) is 0. The van der Waals surface area contributed by atoms with Crippen LogP contribution in [0.5, 0.6) is 0 Å². The van der Waals surface area contributed by atoms with Crippen LogP contribution < -0.4 is 0 Å². The molecule has 76 valence electrons. The maximum Gasteiger partial charge on any atom is 0.0462 e. The van der Waals surface area contributed by atoms with E-state index >= 15 is 0 Å². The van der Waals surface area contributed by atoms with Gasteiger partial charge in [-0.15, -0.1) is 0 Å². The van der Waals surface area contributed by atoms with E-state index < -0.39 is 0 Å². The number of hydrogen-bond donors (Lipinski definition) is 1. The Labute approximate surface area is 85.8 Å². The maximum atomic E-state index is 9.21. The topological polar surface area (TPSA) is 20.2 Å². The Balaban J connectivity index is 2.30. The monoisotopic (exact) mass is 190 g/mol. The van der Waals surface area contributed by atoms with Gasteiger partial charge in [-0.2, -0.15) is 0 Å². The molecule has 0 bridgehead atoms. The minimum atomic E-state index is 0.305. The molecule has 0 heterocycles. The third-order valence-electron chi connectivity index (χ3n) is 3.39. The van der Waals surface area contributed by atoms with E-state index in [4.69, 9.17) is 0 Å². The molecule has 0 fully saturated rings. The second kappa shape index (κ2) is 4.14. The summed E-state index contributed by atoms with van der Waals surface area (Å²) in [6, 6.07) is 8.68. The van der Waals surface area contributed by atoms with Crippen molar-refractivity contribution in [3.63, 3.8) is 0 Å². The first-order valence-corrected chi connectivity index (χ1v) is 5.51. The SMILES string of the molecule is C[C@H](CO)C1CCCc2ccccc21. The van der Waals surface area contributed by atoms with Gasteiger partial charge in [-0.25, -0.2) is 0 Å². The first-order valence-electron chi connectivity index (χ1n) is 5.51. The molecule has 2 rings (SSSR count). The van der Waals surface area contributed by atoms with Crippen molar-refractivity contribution in [3.05, 3.63) is 35.4 Å². The van der Waals surface area contributed by atoms with Crippen molar-refractivity contribution < 1.29 is 5.11 Å². The first-order chi connectivity index (χ1) is 6.83. The average molecular weight is 190 g/mol. The van der Waals surface area contributed by atoms with Gasteiger partial charge in [-0.1, -0.05) is 31.2 Å². The van der Waals surface area contributed by atoms with Gasteiger partial charge in [0.25, 0.3) is 0 Å². The van der Waals surface area contributed by atoms with Crippen LogP contribution >= 0.6 is 0 Å². The third kappa shape index (κ3) is 1.69. The predicted octanol–water partition coefficient (Wildman–Crippen LogP) is 2.73. The van der Waals surface area contributed by atoms with Crippen LogP contribution in [0.3, 0.4) is 0 Å². The molecule has 1 nitrogen and oxygen atoms in total. The molecule has 0 spiro atoms. The van der Waals surface area contributed by atoms with E-state index in [1.54, 1.807) is 0 Å². The van der Waals surface area contributed by atoms with Gasteiger partial charge in [0.2, 0.25) is 0 Å². The summed E-state index contributed by atoms with van der Waals surface area (Å²) >= 11 is 0. The highest BCUT2D eigenvalue weighted by Gasteiger charge is 2.23. The minimum absolute atomic E-state index is 0.305. The molecule has 0 radical (unpaired) electrons. The Morgan fingerprint density at radius 2 is 2.21 bits per heavy atom. The fourth-order valence-electron chi connectivity index (χ4n) is 2.51. The van der Waals surface area contributed by atoms with Crippen molar-refractivity contribution in [2.75, 3.05) is 6.61 Å². The lowest BCUT2D eigenvalue weighted by Crippen LogP contribution is -2.18. The Morgan fingerprint density at radius 1 is 1.43 bits per heavy atom. The molecule has 0 saturated heterocycles. The van der Waals surface area contributed by atoms with Crippen LogP contribution in [-0.2, 0) is 6.42 Å². The lowest BCUT2D eigenvalue weighted by atomic mass is 9.77. The molecule has 2 atom stereocenters. The number of aliphatic hydroxyl groups excluding tert-OH is 1. The molecule has 0 aromatic heterocycles. The van der Waals surface area contributed by atoms with Crippen LogP contribution in [0.2, 0.25) is 0 Å². The largest absolute Gasteiger partial charge is 0.396 e. The number of aryl methyl sites for hydroxylation is 1. The molecule has 1 aliphatic rings. The van der Waals surface area contributed by atoms with Crippen LogP contribution in [0.25, 0.3) is 0 Å². The summed E-state index contributed by atoms with van der Waals surface area (Å²) in [4.78, 5) is 0. The first kappa shape index (κ1) is 9.72. The van der Waals surface area contributed by atoms with Gasteiger partial charge in [0.15, 0.2) is 0 Å². The van der Waals surface area contributed by atoms with E-state index in [2.05, 4.69) is 31.2 Å². The molecule has 1 heteroatoms. The Hall–Kier alpha value is -0.820. The lowest BCUT2D eigenvalue weighted by molar-refractivity contribution is 0.208. The number of aliphatic hydroxyl groups is 1. The van der Waals surface area contributed by atoms with Crippen LogP contribution in [0.1, 0.15) is 36.8 Å². The molecule has 0 aliphatic heterocycles. The van der Waals surface area contributed by atoms with E-state index in [-0.39, 0.29) is 0 Å². The van der Waals surface area contributed by atoms with E-state index in [1.807, 2.05) is 0 Å². The number of hydrogen-bond acceptors (Lipinski definition) is 1. The molecule has 1 unspecified atom stereocenters. The highest BCUT2D eigenvalue weighted by Crippen LogP contribution is 2.36. The van der Waals surface area contributed by atoms with Gasteiger partial charge >= 0.3 is 0 Å². The fourth-order valence-corrected chi connectivity index (χ4v) is 2.51. The van der Waals surface area contributed by atoms with Crippen LogP contribution in [0.4, 0.5) is 0 Å². The van der Waals surface area contributed by atoms with Gasteiger partial charge < -0.3 is 5.11 Å². The molecular formula is C13H18O.